The summed E-state index contributed by atoms with van der Waals surface area (Å²) in [6.07, 6.45) is 0. The van der Waals surface area contributed by atoms with Crippen molar-refractivity contribution in [3.63, 3.8) is 0 Å². The number of carboxylic acids is 1. The second-order valence-corrected chi connectivity index (χ2v) is 7.15. The molecule has 0 radical (unpaired) electrons. The highest BCUT2D eigenvalue weighted by Gasteiger charge is 2.25. The van der Waals surface area contributed by atoms with E-state index in [1.54, 1.807) is 40.1 Å². The first-order valence-corrected chi connectivity index (χ1v) is 9.62. The Labute approximate surface area is 161 Å². The molecule has 27 heavy (non-hydrogen) atoms. The summed E-state index contributed by atoms with van der Waals surface area (Å²) >= 11 is 1.23. The highest BCUT2D eigenvalue weighted by Crippen LogP contribution is 2.23. The summed E-state index contributed by atoms with van der Waals surface area (Å²) in [6, 6.07) is 15.8. The van der Waals surface area contributed by atoms with E-state index in [-0.39, 0.29) is 23.1 Å². The standard InChI is InChI=1S/C20H20N2O4S/c23-18(14-27-17-9-5-4-8-16(17)20(25)26)21-10-12-22(13-11-21)19(24)15-6-2-1-3-7-15/h1-9H,10-14H2,(H,25,26). The molecule has 0 saturated carbocycles. The first-order valence-electron chi connectivity index (χ1n) is 8.63. The van der Waals surface area contributed by atoms with Gasteiger partial charge in [0.1, 0.15) is 0 Å². The largest absolute Gasteiger partial charge is 0.478 e. The highest BCUT2D eigenvalue weighted by atomic mass is 32.2. The van der Waals surface area contributed by atoms with Gasteiger partial charge in [0.15, 0.2) is 0 Å². The van der Waals surface area contributed by atoms with Gasteiger partial charge in [0.25, 0.3) is 5.91 Å². The van der Waals surface area contributed by atoms with Crippen LogP contribution in [0.1, 0.15) is 20.7 Å². The van der Waals surface area contributed by atoms with Crippen molar-refractivity contribution < 1.29 is 19.5 Å². The van der Waals surface area contributed by atoms with Crippen LogP contribution in [0.3, 0.4) is 0 Å². The number of hydrogen-bond acceptors (Lipinski definition) is 4. The molecule has 3 rings (SSSR count). The summed E-state index contributed by atoms with van der Waals surface area (Å²) in [5.74, 6) is -0.894. The molecule has 140 valence electrons. The second-order valence-electron chi connectivity index (χ2n) is 6.13. The van der Waals surface area contributed by atoms with E-state index in [1.807, 2.05) is 18.2 Å². The molecule has 1 saturated heterocycles. The lowest BCUT2D eigenvalue weighted by molar-refractivity contribution is -0.129. The minimum absolute atomic E-state index is 0.0209. The number of rotatable bonds is 5. The monoisotopic (exact) mass is 384 g/mol. The third-order valence-corrected chi connectivity index (χ3v) is 5.47. The molecule has 2 amide bonds. The number of carbonyl (C=O) groups is 3. The minimum Gasteiger partial charge on any atom is -0.478 e. The molecule has 1 fully saturated rings. The average Bonchev–Trinajstić information content (AvgIpc) is 2.72. The molecule has 1 aliphatic heterocycles. The van der Waals surface area contributed by atoms with Gasteiger partial charge in [-0.15, -0.1) is 11.8 Å². The number of amides is 2. The van der Waals surface area contributed by atoms with Crippen molar-refractivity contribution in [1.29, 1.82) is 0 Å². The third-order valence-electron chi connectivity index (χ3n) is 4.41. The van der Waals surface area contributed by atoms with Crippen LogP contribution in [0.5, 0.6) is 0 Å². The molecule has 2 aromatic carbocycles. The smallest absolute Gasteiger partial charge is 0.336 e. The maximum atomic E-state index is 12.5. The molecule has 0 aliphatic carbocycles. The average molecular weight is 384 g/mol. The molecule has 0 spiro atoms. The first-order chi connectivity index (χ1) is 13.1. The molecule has 0 atom stereocenters. The van der Waals surface area contributed by atoms with E-state index in [2.05, 4.69) is 0 Å². The lowest BCUT2D eigenvalue weighted by Gasteiger charge is -2.34. The molecule has 2 aromatic rings. The maximum Gasteiger partial charge on any atom is 0.336 e. The van der Waals surface area contributed by atoms with Gasteiger partial charge >= 0.3 is 5.97 Å². The Morgan fingerprint density at radius 1 is 0.852 bits per heavy atom. The van der Waals surface area contributed by atoms with Crippen LogP contribution in [0.15, 0.2) is 59.5 Å². The van der Waals surface area contributed by atoms with E-state index < -0.39 is 5.97 Å². The Morgan fingerprint density at radius 2 is 1.44 bits per heavy atom. The van der Waals surface area contributed by atoms with Gasteiger partial charge in [-0.05, 0) is 24.3 Å². The predicted octanol–water partition coefficient (Wildman–Crippen LogP) is 2.46. The van der Waals surface area contributed by atoms with Gasteiger partial charge in [0.05, 0.1) is 11.3 Å². The molecule has 6 nitrogen and oxygen atoms in total. The number of nitrogens with zero attached hydrogens (tertiary/aromatic N) is 2. The molecular formula is C20H20N2O4S. The van der Waals surface area contributed by atoms with Gasteiger partial charge in [-0.3, -0.25) is 9.59 Å². The molecule has 1 heterocycles. The van der Waals surface area contributed by atoms with Crippen molar-refractivity contribution in [2.45, 2.75) is 4.90 Å². The molecule has 1 N–H and O–H groups in total. The van der Waals surface area contributed by atoms with Gasteiger partial charge in [-0.1, -0.05) is 30.3 Å². The first kappa shape index (κ1) is 19.0. The lowest BCUT2D eigenvalue weighted by atomic mass is 10.2. The Balaban J connectivity index is 1.52. The molecule has 1 aliphatic rings. The van der Waals surface area contributed by atoms with E-state index in [0.717, 1.165) is 0 Å². The number of piperazine rings is 1. The van der Waals surface area contributed by atoms with Crippen LogP contribution < -0.4 is 0 Å². The quantitative estimate of drug-likeness (QED) is 0.802. The fourth-order valence-corrected chi connectivity index (χ4v) is 3.87. The van der Waals surface area contributed by atoms with E-state index in [4.69, 9.17) is 0 Å². The predicted molar refractivity (Wildman–Crippen MR) is 103 cm³/mol. The molecule has 0 bridgehead atoms. The number of thioether (sulfide) groups is 1. The van der Waals surface area contributed by atoms with Crippen molar-refractivity contribution >= 4 is 29.5 Å². The van der Waals surface area contributed by atoms with Crippen molar-refractivity contribution in [1.82, 2.24) is 9.80 Å². The highest BCUT2D eigenvalue weighted by molar-refractivity contribution is 8.00. The Bertz CT molecular complexity index is 833. The van der Waals surface area contributed by atoms with E-state index in [0.29, 0.717) is 36.6 Å². The number of aromatic carboxylic acids is 1. The van der Waals surface area contributed by atoms with Gasteiger partial charge in [0.2, 0.25) is 5.91 Å². The topological polar surface area (TPSA) is 77.9 Å². The van der Waals surface area contributed by atoms with Gasteiger partial charge in [-0.2, -0.15) is 0 Å². The zero-order valence-electron chi connectivity index (χ0n) is 14.7. The molecular weight excluding hydrogens is 364 g/mol. The van der Waals surface area contributed by atoms with E-state index in [9.17, 15) is 19.5 Å². The van der Waals surface area contributed by atoms with Crippen LogP contribution in [0.2, 0.25) is 0 Å². The number of carbonyl (C=O) groups excluding carboxylic acids is 2. The Hall–Kier alpha value is -2.80. The summed E-state index contributed by atoms with van der Waals surface area (Å²) < 4.78 is 0. The summed E-state index contributed by atoms with van der Waals surface area (Å²) in [4.78, 5) is 40.2. The normalized spacial score (nSPS) is 14.1. The molecule has 7 heteroatoms. The van der Waals surface area contributed by atoms with Crippen LogP contribution >= 0.6 is 11.8 Å². The van der Waals surface area contributed by atoms with Crippen molar-refractivity contribution in [3.05, 3.63) is 65.7 Å². The van der Waals surface area contributed by atoms with Crippen LogP contribution in [0, 0.1) is 0 Å². The number of hydrogen-bond donors (Lipinski definition) is 1. The van der Waals surface area contributed by atoms with Crippen LogP contribution in [-0.4, -0.2) is 64.6 Å². The summed E-state index contributed by atoms with van der Waals surface area (Å²) in [5, 5.41) is 9.21. The zero-order chi connectivity index (χ0) is 19.2. The number of carboxylic acid groups (broad SMARTS) is 1. The molecule has 0 unspecified atom stereocenters. The van der Waals surface area contributed by atoms with E-state index >= 15 is 0 Å². The lowest BCUT2D eigenvalue weighted by Crippen LogP contribution is -2.51. The fourth-order valence-electron chi connectivity index (χ4n) is 2.92. The van der Waals surface area contributed by atoms with Crippen molar-refractivity contribution in [2.75, 3.05) is 31.9 Å². The minimum atomic E-state index is -1.00. The number of benzene rings is 2. The summed E-state index contributed by atoms with van der Waals surface area (Å²) in [5.41, 5.74) is 0.853. The summed E-state index contributed by atoms with van der Waals surface area (Å²) in [6.45, 7) is 1.96. The Morgan fingerprint density at radius 3 is 2.11 bits per heavy atom. The van der Waals surface area contributed by atoms with Gasteiger partial charge < -0.3 is 14.9 Å². The van der Waals surface area contributed by atoms with E-state index in [1.165, 1.54) is 17.8 Å². The van der Waals surface area contributed by atoms with Crippen LogP contribution in [0.25, 0.3) is 0 Å². The Kier molecular flexibility index (Phi) is 6.13. The van der Waals surface area contributed by atoms with Crippen LogP contribution in [-0.2, 0) is 4.79 Å². The second kappa shape index (κ2) is 8.73. The fraction of sp³-hybridized carbons (Fsp3) is 0.250. The molecule has 0 aromatic heterocycles. The van der Waals surface area contributed by atoms with Crippen molar-refractivity contribution in [3.8, 4) is 0 Å². The van der Waals surface area contributed by atoms with Crippen molar-refractivity contribution in [2.24, 2.45) is 0 Å². The SMILES string of the molecule is O=C(O)c1ccccc1SCC(=O)N1CCN(C(=O)c2ccccc2)CC1. The van der Waals surface area contributed by atoms with Gasteiger partial charge in [-0.25, -0.2) is 4.79 Å². The van der Waals surface area contributed by atoms with Crippen LogP contribution in [0.4, 0.5) is 0 Å². The summed E-state index contributed by atoms with van der Waals surface area (Å²) in [7, 11) is 0. The van der Waals surface area contributed by atoms with Gasteiger partial charge in [0, 0.05) is 36.6 Å². The maximum absolute atomic E-state index is 12.5. The third kappa shape index (κ3) is 4.68. The zero-order valence-corrected chi connectivity index (χ0v) is 15.5.